The summed E-state index contributed by atoms with van der Waals surface area (Å²) in [7, 11) is 0. The molecule has 0 aliphatic rings. The zero-order valence-corrected chi connectivity index (χ0v) is 8.29. The molecule has 0 atom stereocenters. The number of hydrogen-bond donors (Lipinski definition) is 0. The molecule has 0 rings (SSSR count). The standard InChI is InChI=1S/C9H14ClN/c1-6(2)7(3)8(4)11-9(5)10/h5H2,1-4H3. The summed E-state index contributed by atoms with van der Waals surface area (Å²) in [5, 5.41) is 0.336. The van der Waals surface area contributed by atoms with E-state index >= 15 is 0 Å². The Bertz CT molecular complexity index is 220. The van der Waals surface area contributed by atoms with Crippen molar-refractivity contribution in [2.45, 2.75) is 27.7 Å². The van der Waals surface area contributed by atoms with E-state index in [2.05, 4.69) is 11.6 Å². The maximum atomic E-state index is 5.52. The summed E-state index contributed by atoms with van der Waals surface area (Å²) < 4.78 is 0. The molecule has 11 heavy (non-hydrogen) atoms. The van der Waals surface area contributed by atoms with Gasteiger partial charge >= 0.3 is 0 Å². The smallest absolute Gasteiger partial charge is 0.122 e. The topological polar surface area (TPSA) is 12.4 Å². The predicted molar refractivity (Wildman–Crippen MR) is 52.2 cm³/mol. The van der Waals surface area contributed by atoms with E-state index < -0.39 is 0 Å². The first-order valence-electron chi connectivity index (χ1n) is 3.49. The molecule has 0 radical (unpaired) electrons. The third-order valence-corrected chi connectivity index (χ3v) is 1.67. The Morgan fingerprint density at radius 1 is 1.18 bits per heavy atom. The van der Waals surface area contributed by atoms with Gasteiger partial charge in [-0.2, -0.15) is 0 Å². The lowest BCUT2D eigenvalue weighted by atomic mass is 10.1. The number of rotatable bonds is 2. The van der Waals surface area contributed by atoms with Gasteiger partial charge in [-0.05, 0) is 33.3 Å². The highest BCUT2D eigenvalue weighted by molar-refractivity contribution is 6.30. The van der Waals surface area contributed by atoms with Gasteiger partial charge in [-0.15, -0.1) is 0 Å². The van der Waals surface area contributed by atoms with Crippen molar-refractivity contribution in [3.63, 3.8) is 0 Å². The van der Waals surface area contributed by atoms with Gasteiger partial charge in [0.2, 0.25) is 0 Å². The molecule has 0 spiro atoms. The molecule has 0 bridgehead atoms. The maximum Gasteiger partial charge on any atom is 0.122 e. The number of allylic oxidation sites excluding steroid dienone is 2. The Labute approximate surface area is 73.5 Å². The summed E-state index contributed by atoms with van der Waals surface area (Å²) in [6, 6.07) is 0. The normalized spacial score (nSPS) is 11.2. The van der Waals surface area contributed by atoms with Crippen LogP contribution in [-0.2, 0) is 0 Å². The van der Waals surface area contributed by atoms with Crippen molar-refractivity contribution in [2.75, 3.05) is 0 Å². The van der Waals surface area contributed by atoms with Gasteiger partial charge in [0.1, 0.15) is 5.16 Å². The predicted octanol–water partition coefficient (Wildman–Crippen LogP) is 3.51. The van der Waals surface area contributed by atoms with Crippen LogP contribution in [0.5, 0.6) is 0 Å². The molecule has 0 amide bonds. The van der Waals surface area contributed by atoms with E-state index in [4.69, 9.17) is 11.6 Å². The first kappa shape index (κ1) is 10.4. The summed E-state index contributed by atoms with van der Waals surface area (Å²) in [5.41, 5.74) is 3.36. The minimum atomic E-state index is 0.336. The summed E-state index contributed by atoms with van der Waals surface area (Å²) in [5.74, 6) is 0. The van der Waals surface area contributed by atoms with Crippen LogP contribution >= 0.6 is 11.6 Å². The minimum absolute atomic E-state index is 0.336. The summed E-state index contributed by atoms with van der Waals surface area (Å²) >= 11 is 5.52. The number of aliphatic imine (C=N–C) groups is 1. The van der Waals surface area contributed by atoms with Crippen LogP contribution in [0.3, 0.4) is 0 Å². The van der Waals surface area contributed by atoms with Crippen molar-refractivity contribution >= 4 is 17.3 Å². The van der Waals surface area contributed by atoms with Crippen molar-refractivity contribution in [2.24, 2.45) is 4.99 Å². The van der Waals surface area contributed by atoms with Crippen molar-refractivity contribution in [1.29, 1.82) is 0 Å². The molecule has 0 saturated carbocycles. The molecule has 0 aliphatic carbocycles. The Morgan fingerprint density at radius 3 is 1.91 bits per heavy atom. The van der Waals surface area contributed by atoms with E-state index in [1.807, 2.05) is 27.7 Å². The molecule has 62 valence electrons. The van der Waals surface area contributed by atoms with Gasteiger partial charge in [0.15, 0.2) is 0 Å². The molecule has 0 aromatic carbocycles. The van der Waals surface area contributed by atoms with Gasteiger partial charge in [0.05, 0.1) is 0 Å². The average molecular weight is 172 g/mol. The van der Waals surface area contributed by atoms with E-state index in [1.54, 1.807) is 0 Å². The highest BCUT2D eigenvalue weighted by atomic mass is 35.5. The highest BCUT2D eigenvalue weighted by Crippen LogP contribution is 2.08. The van der Waals surface area contributed by atoms with Crippen LogP contribution in [0.2, 0.25) is 0 Å². The van der Waals surface area contributed by atoms with Crippen molar-refractivity contribution in [3.8, 4) is 0 Å². The van der Waals surface area contributed by atoms with Crippen LogP contribution in [0.1, 0.15) is 27.7 Å². The molecule has 0 N–H and O–H groups in total. The minimum Gasteiger partial charge on any atom is -0.242 e. The van der Waals surface area contributed by atoms with Gasteiger partial charge in [-0.1, -0.05) is 23.8 Å². The fourth-order valence-corrected chi connectivity index (χ4v) is 0.754. The molecule has 0 saturated heterocycles. The van der Waals surface area contributed by atoms with E-state index in [1.165, 1.54) is 11.1 Å². The summed E-state index contributed by atoms with van der Waals surface area (Å²) in [6.07, 6.45) is 0. The average Bonchev–Trinajstić information content (AvgIpc) is 1.84. The van der Waals surface area contributed by atoms with Gasteiger partial charge < -0.3 is 0 Å². The molecule has 0 fully saturated rings. The lowest BCUT2D eigenvalue weighted by Crippen LogP contribution is -1.94. The Balaban J connectivity index is 4.63. The SMILES string of the molecule is C=C(Cl)N=C(C)C(C)=C(C)C. The van der Waals surface area contributed by atoms with Crippen molar-refractivity contribution < 1.29 is 0 Å². The molecule has 0 aromatic rings. The van der Waals surface area contributed by atoms with Crippen LogP contribution in [0, 0.1) is 0 Å². The second-order valence-electron chi connectivity index (χ2n) is 2.70. The number of nitrogens with zero attached hydrogens (tertiary/aromatic N) is 1. The van der Waals surface area contributed by atoms with Crippen LogP contribution < -0.4 is 0 Å². The van der Waals surface area contributed by atoms with Crippen molar-refractivity contribution in [1.82, 2.24) is 0 Å². The number of hydrogen-bond acceptors (Lipinski definition) is 1. The quantitative estimate of drug-likeness (QED) is 0.446. The third-order valence-electron chi connectivity index (χ3n) is 1.58. The van der Waals surface area contributed by atoms with Gasteiger partial charge in [-0.25, -0.2) is 4.99 Å². The van der Waals surface area contributed by atoms with Crippen molar-refractivity contribution in [3.05, 3.63) is 22.9 Å². The first-order valence-corrected chi connectivity index (χ1v) is 3.87. The fourth-order valence-electron chi connectivity index (χ4n) is 0.628. The maximum absolute atomic E-state index is 5.52. The zero-order chi connectivity index (χ0) is 9.02. The van der Waals surface area contributed by atoms with Gasteiger partial charge in [-0.3, -0.25) is 0 Å². The second kappa shape index (κ2) is 4.35. The second-order valence-corrected chi connectivity index (χ2v) is 3.13. The van der Waals surface area contributed by atoms with E-state index in [0.29, 0.717) is 5.16 Å². The van der Waals surface area contributed by atoms with Crippen LogP contribution in [0.15, 0.2) is 27.9 Å². The lowest BCUT2D eigenvalue weighted by Gasteiger charge is -2.01. The number of halogens is 1. The Hall–Kier alpha value is -0.560. The molecule has 0 unspecified atom stereocenters. The molecule has 0 aromatic heterocycles. The summed E-state index contributed by atoms with van der Waals surface area (Å²) in [6.45, 7) is 11.5. The first-order chi connectivity index (χ1) is 4.95. The molecule has 0 aliphatic heterocycles. The van der Waals surface area contributed by atoms with E-state index in [0.717, 1.165) is 5.71 Å². The molecule has 1 nitrogen and oxygen atoms in total. The molecule has 0 heterocycles. The van der Waals surface area contributed by atoms with Crippen LogP contribution in [0.25, 0.3) is 0 Å². The Morgan fingerprint density at radius 2 is 1.64 bits per heavy atom. The lowest BCUT2D eigenvalue weighted by molar-refractivity contribution is 1.30. The van der Waals surface area contributed by atoms with E-state index in [-0.39, 0.29) is 0 Å². The largest absolute Gasteiger partial charge is 0.242 e. The fraction of sp³-hybridized carbons (Fsp3) is 0.444. The Kier molecular flexibility index (Phi) is 4.12. The summed E-state index contributed by atoms with van der Waals surface area (Å²) in [4.78, 5) is 4.03. The zero-order valence-electron chi connectivity index (χ0n) is 7.53. The third kappa shape index (κ3) is 3.99. The van der Waals surface area contributed by atoms with Gasteiger partial charge in [0, 0.05) is 5.71 Å². The van der Waals surface area contributed by atoms with Crippen LogP contribution in [-0.4, -0.2) is 5.71 Å². The van der Waals surface area contributed by atoms with E-state index in [9.17, 15) is 0 Å². The molecule has 2 heteroatoms. The molecular formula is C9H14ClN. The van der Waals surface area contributed by atoms with Crippen LogP contribution in [0.4, 0.5) is 0 Å². The molecular weight excluding hydrogens is 158 g/mol. The van der Waals surface area contributed by atoms with Gasteiger partial charge in [0.25, 0.3) is 0 Å². The monoisotopic (exact) mass is 171 g/mol. The highest BCUT2D eigenvalue weighted by Gasteiger charge is 1.96.